The maximum Gasteiger partial charge on any atom is 0.472 e. The highest BCUT2D eigenvalue weighted by Crippen LogP contribution is 2.43. The third kappa shape index (κ3) is 54.6. The number of carbonyl (C=O) groups excluding carboxylic acids is 2. The van der Waals surface area contributed by atoms with Crippen molar-refractivity contribution >= 4 is 19.7 Å². The highest BCUT2D eigenvalue weighted by Gasteiger charge is 2.30. The van der Waals surface area contributed by atoms with Crippen LogP contribution in [0, 0.1) is 0 Å². The van der Waals surface area contributed by atoms with Gasteiger partial charge in [-0.15, -0.1) is 0 Å². The second-order valence-electron chi connectivity index (χ2n) is 22.3. The van der Waals surface area contributed by atoms with Crippen LogP contribution >= 0.6 is 7.82 Å². The number of phosphoric ester groups is 1. The zero-order valence-electron chi connectivity index (χ0n) is 48.9. The molecule has 1 amide bonds. The lowest BCUT2D eigenvalue weighted by atomic mass is 10.0. The van der Waals surface area contributed by atoms with Crippen LogP contribution in [0.25, 0.3) is 0 Å². The maximum absolute atomic E-state index is 13.5. The van der Waals surface area contributed by atoms with Crippen molar-refractivity contribution in [2.75, 3.05) is 40.9 Å². The Balaban J connectivity index is 5.29. The van der Waals surface area contributed by atoms with Crippen LogP contribution in [-0.4, -0.2) is 74.3 Å². The van der Waals surface area contributed by atoms with Gasteiger partial charge in [0.05, 0.1) is 33.8 Å². The minimum atomic E-state index is -4.45. The van der Waals surface area contributed by atoms with E-state index in [0.717, 1.165) is 64.2 Å². The molecule has 2 N–H and O–H groups in total. The Labute approximate surface area is 452 Å². The van der Waals surface area contributed by atoms with Gasteiger partial charge in [-0.2, -0.15) is 0 Å². The van der Waals surface area contributed by atoms with Crippen LogP contribution in [0.5, 0.6) is 0 Å². The van der Waals surface area contributed by atoms with E-state index in [1.165, 1.54) is 186 Å². The third-order valence-electron chi connectivity index (χ3n) is 13.8. The average Bonchev–Trinajstić information content (AvgIpc) is 3.35. The fourth-order valence-corrected chi connectivity index (χ4v) is 9.66. The maximum atomic E-state index is 13.5. The Kier molecular flexibility index (Phi) is 51.9. The van der Waals surface area contributed by atoms with Gasteiger partial charge >= 0.3 is 13.8 Å². The molecule has 0 rings (SSSR count). The molecule has 10 heteroatoms. The van der Waals surface area contributed by atoms with Crippen molar-refractivity contribution in [3.8, 4) is 0 Å². The normalized spacial score (nSPS) is 14.0. The van der Waals surface area contributed by atoms with E-state index in [-0.39, 0.29) is 31.5 Å². The number of allylic oxidation sites excluding steroid dienone is 7. The number of rotatable bonds is 56. The van der Waals surface area contributed by atoms with Crippen molar-refractivity contribution in [3.63, 3.8) is 0 Å². The number of esters is 1. The van der Waals surface area contributed by atoms with Crippen LogP contribution < -0.4 is 5.32 Å². The van der Waals surface area contributed by atoms with Gasteiger partial charge in [-0.05, 0) is 83.1 Å². The van der Waals surface area contributed by atoms with Gasteiger partial charge in [0, 0.05) is 12.8 Å². The molecule has 0 aliphatic rings. The Bertz CT molecular complexity index is 1390. The number of phosphoric acid groups is 1. The molecule has 0 fully saturated rings. The Morgan fingerprint density at radius 3 is 1.26 bits per heavy atom. The van der Waals surface area contributed by atoms with Gasteiger partial charge < -0.3 is 19.4 Å². The second kappa shape index (κ2) is 53.4. The van der Waals surface area contributed by atoms with Crippen LogP contribution in [0.15, 0.2) is 48.6 Å². The van der Waals surface area contributed by atoms with Crippen molar-refractivity contribution in [1.29, 1.82) is 0 Å². The first-order chi connectivity index (χ1) is 35.4. The molecule has 0 aromatic rings. The molecule has 0 saturated carbocycles. The number of quaternary nitrogens is 1. The summed E-state index contributed by atoms with van der Waals surface area (Å²) in [6.45, 7) is 7.00. The second-order valence-corrected chi connectivity index (χ2v) is 23.7. The van der Waals surface area contributed by atoms with Gasteiger partial charge in [-0.3, -0.25) is 18.6 Å². The lowest BCUT2D eigenvalue weighted by Gasteiger charge is -2.27. The molecule has 0 saturated heterocycles. The van der Waals surface area contributed by atoms with E-state index >= 15 is 0 Å². The minimum absolute atomic E-state index is 0.0352. The zero-order valence-corrected chi connectivity index (χ0v) is 49.8. The molecule has 3 unspecified atom stereocenters. The molecular weight excluding hydrogens is 928 g/mol. The predicted molar refractivity (Wildman–Crippen MR) is 314 cm³/mol. The summed E-state index contributed by atoms with van der Waals surface area (Å²) in [6.07, 6.45) is 65.4. The first-order valence-electron chi connectivity index (χ1n) is 31.0. The van der Waals surface area contributed by atoms with Crippen LogP contribution in [0.2, 0.25) is 0 Å². The predicted octanol–water partition coefficient (Wildman–Crippen LogP) is 18.9. The summed E-state index contributed by atoms with van der Waals surface area (Å²) in [7, 11) is 1.48. The van der Waals surface area contributed by atoms with E-state index in [0.29, 0.717) is 23.9 Å². The number of ether oxygens (including phenoxy) is 1. The molecule has 428 valence electrons. The largest absolute Gasteiger partial charge is 0.472 e. The lowest BCUT2D eigenvalue weighted by Crippen LogP contribution is -2.47. The van der Waals surface area contributed by atoms with Gasteiger partial charge in [0.15, 0.2) is 0 Å². The average molecular weight is 1050 g/mol. The smallest absolute Gasteiger partial charge is 0.456 e. The molecule has 0 heterocycles. The van der Waals surface area contributed by atoms with Crippen molar-refractivity contribution in [1.82, 2.24) is 5.32 Å². The minimum Gasteiger partial charge on any atom is -0.456 e. The molecule has 3 atom stereocenters. The van der Waals surface area contributed by atoms with Gasteiger partial charge in [0.2, 0.25) is 5.91 Å². The lowest BCUT2D eigenvalue weighted by molar-refractivity contribution is -0.870. The number of likely N-dealkylation sites (N-methyl/N-ethyl adjacent to an activating group) is 1. The quantitative estimate of drug-likeness (QED) is 0.0156. The summed E-state index contributed by atoms with van der Waals surface area (Å²) >= 11 is 0. The van der Waals surface area contributed by atoms with Crippen molar-refractivity contribution in [2.24, 2.45) is 0 Å². The van der Waals surface area contributed by atoms with Crippen molar-refractivity contribution in [2.45, 2.75) is 303 Å². The fraction of sp³-hybridized carbons (Fsp3) is 0.841. The van der Waals surface area contributed by atoms with Gasteiger partial charge in [0.1, 0.15) is 19.3 Å². The summed E-state index contributed by atoms with van der Waals surface area (Å²) in [5.74, 6) is -0.531. The summed E-state index contributed by atoms with van der Waals surface area (Å²) in [6, 6.07) is -0.861. The molecule has 0 aliphatic heterocycles. The van der Waals surface area contributed by atoms with Crippen molar-refractivity contribution < 1.29 is 37.3 Å². The van der Waals surface area contributed by atoms with E-state index in [1.54, 1.807) is 0 Å². The molecule has 0 aliphatic carbocycles. The van der Waals surface area contributed by atoms with Crippen molar-refractivity contribution in [3.05, 3.63) is 48.6 Å². The van der Waals surface area contributed by atoms with E-state index in [2.05, 4.69) is 62.5 Å². The topological polar surface area (TPSA) is 111 Å². The summed E-state index contributed by atoms with van der Waals surface area (Å²) < 4.78 is 30.7. The number of nitrogens with zero attached hydrogens (tertiary/aromatic N) is 1. The van der Waals surface area contributed by atoms with Gasteiger partial charge in [0.25, 0.3) is 0 Å². The first kappa shape index (κ1) is 71.0. The monoisotopic (exact) mass is 1050 g/mol. The zero-order chi connectivity index (χ0) is 53.6. The molecule has 9 nitrogen and oxygen atoms in total. The summed E-state index contributed by atoms with van der Waals surface area (Å²) in [4.78, 5) is 37.7. The van der Waals surface area contributed by atoms with E-state index in [1.807, 2.05) is 33.3 Å². The van der Waals surface area contributed by atoms with Gasteiger partial charge in [-0.25, -0.2) is 4.57 Å². The third-order valence-corrected chi connectivity index (χ3v) is 14.8. The molecule has 0 aromatic heterocycles. The number of hydrogen-bond acceptors (Lipinski definition) is 6. The number of hydrogen-bond donors (Lipinski definition) is 2. The SMILES string of the molecule is CCCCCCCC/C=C/CCCCCCCCCCCC(=O)OC(/C=C/CCCCCCCCCCCC)C(COP(=O)(O)OCC[N+](C)(C)C)NC(=O)CCCCC/C=C/C=C/CCCCCCCCC. The first-order valence-corrected chi connectivity index (χ1v) is 32.5. The molecule has 0 bridgehead atoms. The molecule has 0 aromatic carbocycles. The van der Waals surface area contributed by atoms with Crippen LogP contribution in [0.3, 0.4) is 0 Å². The molecule has 0 radical (unpaired) electrons. The highest BCUT2D eigenvalue weighted by molar-refractivity contribution is 7.47. The number of nitrogens with one attached hydrogen (secondary N) is 1. The number of amides is 1. The Morgan fingerprint density at radius 1 is 0.479 bits per heavy atom. The Morgan fingerprint density at radius 2 is 0.836 bits per heavy atom. The number of carbonyl (C=O) groups is 2. The summed E-state index contributed by atoms with van der Waals surface area (Å²) in [5, 5.41) is 3.04. The summed E-state index contributed by atoms with van der Waals surface area (Å²) in [5.41, 5.74) is 0. The van der Waals surface area contributed by atoms with Gasteiger partial charge in [-0.1, -0.05) is 243 Å². The van der Waals surface area contributed by atoms with E-state index in [9.17, 15) is 19.0 Å². The fourth-order valence-electron chi connectivity index (χ4n) is 8.93. The van der Waals surface area contributed by atoms with Crippen LogP contribution in [-0.2, 0) is 27.9 Å². The van der Waals surface area contributed by atoms with E-state index < -0.39 is 20.0 Å². The van der Waals surface area contributed by atoms with Crippen LogP contribution in [0.4, 0.5) is 0 Å². The Hall–Kier alpha value is -2.03. The standard InChI is InChI=1S/C63H119N2O7P/c1-7-10-13-16-19-22-25-28-30-32-33-34-36-38-41-44-47-50-53-56-63(67)72-61(54-51-48-45-42-39-27-24-21-18-15-12-9-3)60(59-71-73(68,69)70-58-57-65(4,5)6)64-62(66)55-52-49-46-43-40-37-35-31-29-26-23-20-17-14-11-8-2/h28,30-31,35,37,40,51,54,60-61H,7-27,29,32-34,36,38-39,41-50,52-53,55-59H2,1-6H3,(H-,64,66,68,69)/p+1/b30-28+,35-31+,40-37+,54-51+. The van der Waals surface area contributed by atoms with E-state index in [4.69, 9.17) is 13.8 Å². The molecular formula is C63H120N2O7P+. The highest BCUT2D eigenvalue weighted by atomic mass is 31.2. The molecule has 0 spiro atoms. The molecule has 73 heavy (non-hydrogen) atoms. The van der Waals surface area contributed by atoms with Crippen LogP contribution in [0.1, 0.15) is 290 Å². The number of unbranched alkanes of at least 4 members (excludes halogenated alkanes) is 35.